The van der Waals surface area contributed by atoms with E-state index in [-0.39, 0.29) is 5.82 Å². The molecule has 1 amide bonds. The van der Waals surface area contributed by atoms with Crippen LogP contribution in [-0.2, 0) is 0 Å². The molecule has 3 nitrogen and oxygen atoms in total. The van der Waals surface area contributed by atoms with Gasteiger partial charge in [0.25, 0.3) is 0 Å². The fourth-order valence-electron chi connectivity index (χ4n) is 0.839. The minimum absolute atomic E-state index is 0.316. The highest BCUT2D eigenvalue weighted by Gasteiger charge is 2.03. The van der Waals surface area contributed by atoms with Crippen LogP contribution in [0.15, 0.2) is 18.2 Å². The van der Waals surface area contributed by atoms with Crippen molar-refractivity contribution in [2.75, 3.05) is 7.05 Å². The van der Waals surface area contributed by atoms with Crippen molar-refractivity contribution in [1.82, 2.24) is 5.32 Å². The minimum Gasteiger partial charge on any atom is -0.410 e. The molecule has 0 bridgehead atoms. The molecule has 1 N–H and O–H groups in total. The molecule has 0 aromatic heterocycles. The fourth-order valence-corrected chi connectivity index (χ4v) is 0.839. The molecule has 1 rings (SSSR count). The minimum atomic E-state index is -0.564. The Labute approximate surface area is 89.3 Å². The fraction of sp³-hybridized carbons (Fsp3) is 0.364. The lowest BCUT2D eigenvalue weighted by Gasteiger charge is -2.03. The van der Waals surface area contributed by atoms with Crippen LogP contribution in [0.2, 0.25) is 0 Å². The summed E-state index contributed by atoms with van der Waals surface area (Å²) in [7, 11) is 1.46. The van der Waals surface area contributed by atoms with Crippen LogP contribution in [0.25, 0.3) is 0 Å². The second-order valence-electron chi connectivity index (χ2n) is 2.55. The monoisotopic (exact) mass is 213 g/mol. The summed E-state index contributed by atoms with van der Waals surface area (Å²) in [6, 6.07) is 4.12. The number of nitrogens with one attached hydrogen (secondary N) is 1. The van der Waals surface area contributed by atoms with Gasteiger partial charge >= 0.3 is 6.09 Å². The van der Waals surface area contributed by atoms with Gasteiger partial charge in [0.2, 0.25) is 0 Å². The molecule has 1 aromatic carbocycles. The Kier molecular flexibility index (Phi) is 6.09. The van der Waals surface area contributed by atoms with Crippen molar-refractivity contribution in [3.8, 4) is 5.75 Å². The first-order valence-electron chi connectivity index (χ1n) is 4.79. The first-order chi connectivity index (χ1) is 7.13. The van der Waals surface area contributed by atoms with Gasteiger partial charge in [-0.05, 0) is 30.7 Å². The van der Waals surface area contributed by atoms with Gasteiger partial charge in [-0.2, -0.15) is 0 Å². The lowest BCUT2D eigenvalue weighted by atomic mass is 10.2. The molecule has 0 aliphatic rings. The molecule has 0 unspecified atom stereocenters. The summed E-state index contributed by atoms with van der Waals surface area (Å²) in [4.78, 5) is 10.8. The van der Waals surface area contributed by atoms with Crippen LogP contribution in [-0.4, -0.2) is 13.1 Å². The average Bonchev–Trinajstić information content (AvgIpc) is 2.26. The van der Waals surface area contributed by atoms with E-state index < -0.39 is 6.09 Å². The summed E-state index contributed by atoms with van der Waals surface area (Å²) in [6.45, 7) is 5.60. The maximum atomic E-state index is 12.8. The van der Waals surface area contributed by atoms with Gasteiger partial charge in [-0.15, -0.1) is 0 Å². The predicted octanol–water partition coefficient (Wildman–Crippen LogP) is 2.88. The third-order valence-electron chi connectivity index (χ3n) is 1.54. The third-order valence-corrected chi connectivity index (χ3v) is 1.54. The molecule has 1 aromatic rings. The van der Waals surface area contributed by atoms with Gasteiger partial charge in [-0.3, -0.25) is 0 Å². The largest absolute Gasteiger partial charge is 0.412 e. The van der Waals surface area contributed by atoms with Crippen molar-refractivity contribution < 1.29 is 13.9 Å². The maximum Gasteiger partial charge on any atom is 0.412 e. The molecule has 15 heavy (non-hydrogen) atoms. The second-order valence-corrected chi connectivity index (χ2v) is 2.55. The molecule has 0 atom stereocenters. The van der Waals surface area contributed by atoms with Crippen molar-refractivity contribution in [2.24, 2.45) is 0 Å². The Bertz CT molecular complexity index is 326. The average molecular weight is 213 g/mol. The van der Waals surface area contributed by atoms with E-state index in [9.17, 15) is 9.18 Å². The Hall–Kier alpha value is -1.58. The zero-order valence-corrected chi connectivity index (χ0v) is 9.43. The summed E-state index contributed by atoms with van der Waals surface area (Å²) < 4.78 is 17.5. The highest BCUT2D eigenvalue weighted by atomic mass is 19.1. The van der Waals surface area contributed by atoms with E-state index in [4.69, 9.17) is 4.74 Å². The summed E-state index contributed by atoms with van der Waals surface area (Å²) in [5.74, 6) is 0.0162. The topological polar surface area (TPSA) is 38.3 Å². The molecular weight excluding hydrogens is 197 g/mol. The third kappa shape index (κ3) is 4.44. The number of hydrogen-bond donors (Lipinski definition) is 1. The first-order valence-corrected chi connectivity index (χ1v) is 4.79. The van der Waals surface area contributed by atoms with Crippen LogP contribution in [0.5, 0.6) is 5.75 Å². The van der Waals surface area contributed by atoms with Crippen molar-refractivity contribution >= 4 is 6.09 Å². The highest BCUT2D eigenvalue weighted by molar-refractivity contribution is 5.69. The van der Waals surface area contributed by atoms with Crippen molar-refractivity contribution in [1.29, 1.82) is 0 Å². The Morgan fingerprint density at radius 1 is 1.40 bits per heavy atom. The van der Waals surface area contributed by atoms with Crippen LogP contribution in [0.1, 0.15) is 19.4 Å². The molecule has 84 valence electrons. The number of aryl methyl sites for hydroxylation is 1. The zero-order valence-electron chi connectivity index (χ0n) is 9.43. The Morgan fingerprint density at radius 3 is 2.47 bits per heavy atom. The van der Waals surface area contributed by atoms with Crippen molar-refractivity contribution in [2.45, 2.75) is 20.8 Å². The van der Waals surface area contributed by atoms with Gasteiger partial charge in [0.05, 0.1) is 0 Å². The van der Waals surface area contributed by atoms with Crippen molar-refractivity contribution in [3.63, 3.8) is 0 Å². The summed E-state index contributed by atoms with van der Waals surface area (Å²) in [5.41, 5.74) is 0.446. The second kappa shape index (κ2) is 6.81. The highest BCUT2D eigenvalue weighted by Crippen LogP contribution is 2.15. The van der Waals surface area contributed by atoms with E-state index in [1.54, 1.807) is 6.92 Å². The SMILES string of the molecule is CC.CNC(=O)Oc1ccc(F)c(C)c1. The van der Waals surface area contributed by atoms with E-state index in [1.165, 1.54) is 25.2 Å². The Balaban J connectivity index is 0.000000921. The summed E-state index contributed by atoms with van der Waals surface area (Å²) in [6.07, 6.45) is -0.564. The number of amides is 1. The smallest absolute Gasteiger partial charge is 0.410 e. The molecular formula is C11H16FNO2. The zero-order chi connectivity index (χ0) is 11.8. The van der Waals surface area contributed by atoms with Gasteiger partial charge in [-0.1, -0.05) is 13.8 Å². The van der Waals surface area contributed by atoms with Gasteiger partial charge in [0, 0.05) is 7.05 Å². The van der Waals surface area contributed by atoms with Gasteiger partial charge < -0.3 is 10.1 Å². The van der Waals surface area contributed by atoms with Gasteiger partial charge in [-0.25, -0.2) is 9.18 Å². The molecule has 0 aliphatic heterocycles. The molecule has 4 heteroatoms. The number of benzene rings is 1. The standard InChI is InChI=1S/C9H10FNO2.C2H6/c1-6-5-7(3-4-8(6)10)13-9(12)11-2;1-2/h3-5H,1-2H3,(H,11,12);1-2H3. The van der Waals surface area contributed by atoms with E-state index in [0.717, 1.165) is 0 Å². The van der Waals surface area contributed by atoms with Crippen LogP contribution in [0, 0.1) is 12.7 Å². The number of rotatable bonds is 1. The lowest BCUT2D eigenvalue weighted by molar-refractivity contribution is 0.203. The lowest BCUT2D eigenvalue weighted by Crippen LogP contribution is -2.22. The molecule has 0 heterocycles. The number of hydrogen-bond acceptors (Lipinski definition) is 2. The van der Waals surface area contributed by atoms with Crippen LogP contribution in [0.4, 0.5) is 9.18 Å². The van der Waals surface area contributed by atoms with Gasteiger partial charge in [0.15, 0.2) is 0 Å². The van der Waals surface area contributed by atoms with E-state index in [1.807, 2.05) is 13.8 Å². The number of halogens is 1. The van der Waals surface area contributed by atoms with Crippen LogP contribution in [0.3, 0.4) is 0 Å². The van der Waals surface area contributed by atoms with E-state index >= 15 is 0 Å². The van der Waals surface area contributed by atoms with Crippen molar-refractivity contribution in [3.05, 3.63) is 29.6 Å². The number of carbonyl (C=O) groups is 1. The quantitative estimate of drug-likeness (QED) is 0.779. The van der Waals surface area contributed by atoms with E-state index in [0.29, 0.717) is 11.3 Å². The Morgan fingerprint density at radius 2 is 2.00 bits per heavy atom. The van der Waals surface area contributed by atoms with Crippen LogP contribution < -0.4 is 10.1 Å². The molecule has 0 saturated carbocycles. The van der Waals surface area contributed by atoms with Gasteiger partial charge in [0.1, 0.15) is 11.6 Å². The molecule has 0 spiro atoms. The number of carbonyl (C=O) groups excluding carboxylic acids is 1. The normalized spacial score (nSPS) is 8.60. The first kappa shape index (κ1) is 13.4. The maximum absolute atomic E-state index is 12.8. The molecule has 0 saturated heterocycles. The molecule has 0 aliphatic carbocycles. The molecule has 0 fully saturated rings. The summed E-state index contributed by atoms with van der Waals surface area (Å²) in [5, 5.41) is 2.29. The summed E-state index contributed by atoms with van der Waals surface area (Å²) >= 11 is 0. The molecule has 0 radical (unpaired) electrons. The van der Waals surface area contributed by atoms with E-state index in [2.05, 4.69) is 5.32 Å². The van der Waals surface area contributed by atoms with Crippen LogP contribution >= 0.6 is 0 Å². The number of ether oxygens (including phenoxy) is 1. The predicted molar refractivity (Wildman–Crippen MR) is 57.6 cm³/mol.